The fourth-order valence-electron chi connectivity index (χ4n) is 1.88. The van der Waals surface area contributed by atoms with E-state index in [0.29, 0.717) is 6.54 Å². The van der Waals surface area contributed by atoms with Crippen LogP contribution in [0.15, 0.2) is 22.8 Å². The van der Waals surface area contributed by atoms with E-state index >= 15 is 0 Å². The van der Waals surface area contributed by atoms with Gasteiger partial charge in [-0.25, -0.2) is 10.4 Å². The predicted molar refractivity (Wildman–Crippen MR) is 62.7 cm³/mol. The van der Waals surface area contributed by atoms with E-state index in [2.05, 4.69) is 22.4 Å². The smallest absolute Gasteiger partial charge is 0.123 e. The Hall–Kier alpha value is -0.880. The van der Waals surface area contributed by atoms with Crippen LogP contribution in [0.3, 0.4) is 0 Å². The molecule has 0 saturated carbocycles. The van der Waals surface area contributed by atoms with E-state index in [0.717, 1.165) is 31.9 Å². The van der Waals surface area contributed by atoms with Crippen molar-refractivity contribution in [3.8, 4) is 0 Å². The van der Waals surface area contributed by atoms with E-state index in [1.165, 1.54) is 0 Å². The number of nitrogens with zero attached hydrogens (tertiary/aromatic N) is 2. The summed E-state index contributed by atoms with van der Waals surface area (Å²) in [5, 5.41) is 2.22. The number of nitrogens with one attached hydrogen (secondary N) is 1. The molecule has 5 nitrogen and oxygen atoms in total. The van der Waals surface area contributed by atoms with Gasteiger partial charge >= 0.3 is 0 Å². The Kier molecular flexibility index (Phi) is 3.95. The highest BCUT2D eigenvalue weighted by Crippen LogP contribution is 2.13. The monoisotopic (exact) mass is 224 g/mol. The first-order chi connectivity index (χ1) is 7.79. The summed E-state index contributed by atoms with van der Waals surface area (Å²) in [4.78, 5) is 2.32. The SMILES string of the molecule is CN1CCN(NC(CN)c2ccco2)CC1. The molecule has 2 heterocycles. The number of hydrogen-bond acceptors (Lipinski definition) is 5. The number of rotatable bonds is 4. The molecular weight excluding hydrogens is 204 g/mol. The van der Waals surface area contributed by atoms with Crippen LogP contribution in [0.4, 0.5) is 0 Å². The van der Waals surface area contributed by atoms with E-state index in [9.17, 15) is 0 Å². The number of hydrazine groups is 1. The lowest BCUT2D eigenvalue weighted by atomic mass is 10.2. The Balaban J connectivity index is 1.87. The molecule has 2 rings (SSSR count). The second-order valence-electron chi connectivity index (χ2n) is 4.22. The summed E-state index contributed by atoms with van der Waals surface area (Å²) in [7, 11) is 2.14. The van der Waals surface area contributed by atoms with Gasteiger partial charge in [-0.1, -0.05) is 0 Å². The van der Waals surface area contributed by atoms with Crippen LogP contribution in [0.2, 0.25) is 0 Å². The number of likely N-dealkylation sites (N-methyl/N-ethyl adjacent to an activating group) is 1. The Morgan fingerprint density at radius 2 is 2.19 bits per heavy atom. The molecular formula is C11H20N4O. The van der Waals surface area contributed by atoms with Crippen molar-refractivity contribution >= 4 is 0 Å². The minimum absolute atomic E-state index is 0.0819. The third kappa shape index (κ3) is 2.82. The molecule has 1 fully saturated rings. The van der Waals surface area contributed by atoms with Crippen molar-refractivity contribution in [1.82, 2.24) is 15.3 Å². The molecule has 1 saturated heterocycles. The summed E-state index contributed by atoms with van der Waals surface area (Å²) in [5.74, 6) is 0.904. The first-order valence-electron chi connectivity index (χ1n) is 5.72. The number of furan rings is 1. The van der Waals surface area contributed by atoms with Crippen LogP contribution in [-0.2, 0) is 0 Å². The Bertz CT molecular complexity index is 293. The summed E-state index contributed by atoms with van der Waals surface area (Å²) in [6.07, 6.45) is 1.68. The van der Waals surface area contributed by atoms with Crippen molar-refractivity contribution in [1.29, 1.82) is 0 Å². The van der Waals surface area contributed by atoms with Gasteiger partial charge in [0.15, 0.2) is 0 Å². The van der Waals surface area contributed by atoms with Gasteiger partial charge in [0.2, 0.25) is 0 Å². The number of hydrogen-bond donors (Lipinski definition) is 2. The second kappa shape index (κ2) is 5.45. The third-order valence-electron chi connectivity index (χ3n) is 2.96. The predicted octanol–water partition coefficient (Wildman–Crippen LogP) is 0.0314. The zero-order valence-corrected chi connectivity index (χ0v) is 9.72. The molecule has 1 aromatic rings. The number of piperazine rings is 1. The molecule has 1 aliphatic heterocycles. The Morgan fingerprint density at radius 3 is 2.75 bits per heavy atom. The molecule has 0 amide bonds. The standard InChI is InChI=1S/C11H20N4O/c1-14-4-6-15(7-5-14)13-10(9-12)11-3-2-8-16-11/h2-3,8,10,13H,4-7,9,12H2,1H3. The van der Waals surface area contributed by atoms with Crippen molar-refractivity contribution in [3.63, 3.8) is 0 Å². The minimum atomic E-state index is 0.0819. The molecule has 0 aliphatic carbocycles. The summed E-state index contributed by atoms with van der Waals surface area (Å²) in [5.41, 5.74) is 9.17. The molecule has 1 unspecified atom stereocenters. The average molecular weight is 224 g/mol. The molecule has 16 heavy (non-hydrogen) atoms. The number of nitrogens with two attached hydrogens (primary N) is 1. The fourth-order valence-corrected chi connectivity index (χ4v) is 1.88. The molecule has 1 aromatic heterocycles. The van der Waals surface area contributed by atoms with Gasteiger partial charge in [-0.2, -0.15) is 0 Å². The highest BCUT2D eigenvalue weighted by atomic mass is 16.3. The minimum Gasteiger partial charge on any atom is -0.468 e. The third-order valence-corrected chi connectivity index (χ3v) is 2.96. The van der Waals surface area contributed by atoms with Crippen molar-refractivity contribution < 1.29 is 4.42 Å². The van der Waals surface area contributed by atoms with Crippen molar-refractivity contribution in [3.05, 3.63) is 24.2 Å². The van der Waals surface area contributed by atoms with Gasteiger partial charge in [-0.05, 0) is 19.2 Å². The van der Waals surface area contributed by atoms with Crippen LogP contribution < -0.4 is 11.2 Å². The molecule has 0 radical (unpaired) electrons. The van der Waals surface area contributed by atoms with Gasteiger partial charge in [-0.15, -0.1) is 0 Å². The average Bonchev–Trinajstić information content (AvgIpc) is 2.82. The summed E-state index contributed by atoms with van der Waals surface area (Å²) in [6, 6.07) is 3.93. The van der Waals surface area contributed by atoms with E-state index in [-0.39, 0.29) is 6.04 Å². The summed E-state index contributed by atoms with van der Waals surface area (Å²) < 4.78 is 5.37. The van der Waals surface area contributed by atoms with Gasteiger partial charge in [-0.3, -0.25) is 0 Å². The molecule has 0 bridgehead atoms. The van der Waals surface area contributed by atoms with Crippen LogP contribution >= 0.6 is 0 Å². The fraction of sp³-hybridized carbons (Fsp3) is 0.636. The maximum Gasteiger partial charge on any atom is 0.123 e. The van der Waals surface area contributed by atoms with Gasteiger partial charge in [0.05, 0.1) is 12.3 Å². The maximum atomic E-state index is 5.75. The Labute approximate surface area is 96.2 Å². The van der Waals surface area contributed by atoms with E-state index in [1.807, 2.05) is 12.1 Å². The van der Waals surface area contributed by atoms with Crippen molar-refractivity contribution in [2.24, 2.45) is 5.73 Å². The highest BCUT2D eigenvalue weighted by Gasteiger charge is 2.19. The molecule has 0 aromatic carbocycles. The first-order valence-corrected chi connectivity index (χ1v) is 5.72. The molecule has 90 valence electrons. The van der Waals surface area contributed by atoms with Crippen LogP contribution in [0.1, 0.15) is 11.8 Å². The van der Waals surface area contributed by atoms with Gasteiger partial charge in [0.25, 0.3) is 0 Å². The summed E-state index contributed by atoms with van der Waals surface area (Å²) in [6.45, 7) is 4.76. The molecule has 3 N–H and O–H groups in total. The van der Waals surface area contributed by atoms with E-state index in [1.54, 1.807) is 6.26 Å². The zero-order chi connectivity index (χ0) is 11.4. The quantitative estimate of drug-likeness (QED) is 0.756. The molecule has 5 heteroatoms. The lowest BCUT2D eigenvalue weighted by molar-refractivity contribution is 0.0836. The van der Waals surface area contributed by atoms with Crippen LogP contribution in [0.5, 0.6) is 0 Å². The maximum absolute atomic E-state index is 5.75. The lowest BCUT2D eigenvalue weighted by Gasteiger charge is -2.34. The zero-order valence-electron chi connectivity index (χ0n) is 9.72. The first kappa shape index (κ1) is 11.6. The normalized spacial score (nSPS) is 21.1. The molecule has 0 spiro atoms. The summed E-state index contributed by atoms with van der Waals surface area (Å²) >= 11 is 0. The van der Waals surface area contributed by atoms with Crippen LogP contribution in [0, 0.1) is 0 Å². The molecule has 1 atom stereocenters. The second-order valence-corrected chi connectivity index (χ2v) is 4.22. The molecule has 1 aliphatic rings. The van der Waals surface area contributed by atoms with Gasteiger partial charge < -0.3 is 15.1 Å². The van der Waals surface area contributed by atoms with E-state index < -0.39 is 0 Å². The van der Waals surface area contributed by atoms with Crippen LogP contribution in [-0.4, -0.2) is 49.7 Å². The van der Waals surface area contributed by atoms with Crippen molar-refractivity contribution in [2.75, 3.05) is 39.8 Å². The topological polar surface area (TPSA) is 57.7 Å². The van der Waals surface area contributed by atoms with Gasteiger partial charge in [0.1, 0.15) is 5.76 Å². The highest BCUT2D eigenvalue weighted by molar-refractivity contribution is 5.04. The van der Waals surface area contributed by atoms with E-state index in [4.69, 9.17) is 10.2 Å². The largest absolute Gasteiger partial charge is 0.468 e. The Morgan fingerprint density at radius 1 is 1.44 bits per heavy atom. The lowest BCUT2D eigenvalue weighted by Crippen LogP contribution is -2.52. The van der Waals surface area contributed by atoms with Gasteiger partial charge in [0, 0.05) is 32.7 Å². The van der Waals surface area contributed by atoms with Crippen molar-refractivity contribution in [2.45, 2.75) is 6.04 Å². The van der Waals surface area contributed by atoms with Crippen LogP contribution in [0.25, 0.3) is 0 Å².